The van der Waals surface area contributed by atoms with E-state index in [4.69, 9.17) is 9.84 Å². The highest BCUT2D eigenvalue weighted by Crippen LogP contribution is 2.60. The Morgan fingerprint density at radius 2 is 1.67 bits per heavy atom. The van der Waals surface area contributed by atoms with Gasteiger partial charge in [-0.3, -0.25) is 4.98 Å². The number of carboxylic acids is 1. The van der Waals surface area contributed by atoms with Crippen LogP contribution in [0.25, 0.3) is 0 Å². The predicted octanol–water partition coefficient (Wildman–Crippen LogP) is 9.94. The van der Waals surface area contributed by atoms with Crippen LogP contribution in [0.4, 0.5) is 0 Å². The molecule has 0 radical (unpaired) electrons. The maximum atomic E-state index is 13.4. The molecule has 10 nitrogen and oxygen atoms in total. The van der Waals surface area contributed by atoms with Crippen molar-refractivity contribution in [3.05, 3.63) is 125 Å². The molecular formula is C52H72N2O8S. The van der Waals surface area contributed by atoms with Gasteiger partial charge in [0, 0.05) is 25.5 Å². The molecule has 3 aliphatic rings. The van der Waals surface area contributed by atoms with Crippen LogP contribution in [0, 0.1) is 23.2 Å². The van der Waals surface area contributed by atoms with Gasteiger partial charge in [-0.15, -0.1) is 0 Å². The third-order valence-electron chi connectivity index (χ3n) is 13.5. The number of rotatable bonds is 15. The molecule has 0 aliphatic heterocycles. The van der Waals surface area contributed by atoms with Gasteiger partial charge in [0.1, 0.15) is 10.6 Å². The van der Waals surface area contributed by atoms with Crippen molar-refractivity contribution in [1.29, 1.82) is 0 Å². The molecule has 3 aliphatic carbocycles. The Morgan fingerprint density at radius 1 is 0.984 bits per heavy atom. The lowest BCUT2D eigenvalue weighted by Crippen LogP contribution is -2.36. The summed E-state index contributed by atoms with van der Waals surface area (Å²) in [4.78, 5) is 14.9. The van der Waals surface area contributed by atoms with Crippen LogP contribution < -0.4 is 4.74 Å². The topological polar surface area (TPSA) is 157 Å². The molecule has 3 fully saturated rings. The quantitative estimate of drug-likeness (QED) is 0.109. The van der Waals surface area contributed by atoms with Gasteiger partial charge in [-0.1, -0.05) is 114 Å². The Morgan fingerprint density at radius 3 is 2.29 bits per heavy atom. The molecule has 0 unspecified atom stereocenters. The molecule has 6 rings (SSSR count). The van der Waals surface area contributed by atoms with E-state index in [0.29, 0.717) is 47.0 Å². The molecule has 0 amide bonds. The molecule has 1 aromatic heterocycles. The Hall–Kier alpha value is -4.13. The van der Waals surface area contributed by atoms with Gasteiger partial charge in [0.15, 0.2) is 6.61 Å². The summed E-state index contributed by atoms with van der Waals surface area (Å²) in [7, 11) is -3.84. The number of aliphatic hydroxyl groups excluding tert-OH is 2. The maximum Gasteiger partial charge on any atom is 0.341 e. The Labute approximate surface area is 376 Å². The molecule has 0 saturated heterocycles. The number of aliphatic hydroxyl groups is 3. The van der Waals surface area contributed by atoms with Crippen molar-refractivity contribution in [3.63, 3.8) is 0 Å². The van der Waals surface area contributed by atoms with Crippen LogP contribution in [0.1, 0.15) is 129 Å². The number of hydrogen-bond donors (Lipinski definition) is 4. The van der Waals surface area contributed by atoms with Crippen molar-refractivity contribution >= 4 is 16.0 Å². The van der Waals surface area contributed by atoms with Crippen molar-refractivity contribution in [1.82, 2.24) is 9.29 Å². The number of carbonyl (C=O) groups is 1. The third kappa shape index (κ3) is 13.7. The van der Waals surface area contributed by atoms with Gasteiger partial charge in [-0.2, -0.15) is 4.31 Å². The molecule has 344 valence electrons. The molecule has 3 aromatic rings. The van der Waals surface area contributed by atoms with E-state index in [1.807, 2.05) is 38.1 Å². The summed E-state index contributed by atoms with van der Waals surface area (Å²) in [5, 5.41) is 39.1. The summed E-state index contributed by atoms with van der Waals surface area (Å²) in [6, 6.07) is 17.8. The number of aromatic nitrogens is 1. The first kappa shape index (κ1) is 49.9. The zero-order valence-electron chi connectivity index (χ0n) is 38.6. The summed E-state index contributed by atoms with van der Waals surface area (Å²) >= 11 is 0. The average Bonchev–Trinajstić information content (AvgIpc) is 3.58. The highest BCUT2D eigenvalue weighted by molar-refractivity contribution is 7.89. The van der Waals surface area contributed by atoms with Gasteiger partial charge in [0.05, 0.1) is 17.8 Å². The SMILES string of the molecule is C=C1[C@H](O)CC(=C/C=C2\CCC[C@]3(C)[C@@H]([C@@H](C)CCCC(C)(C)O)CC[C@@H]23)C[C@H]1O.CC(C)(C)c1ccc(CN(Cc2cccc(OCC(=O)O)c2)S(=O)(=O)c2cccnc2)cc1. The number of hydrogen-bond acceptors (Lipinski definition) is 8. The molecule has 6 atom stereocenters. The van der Waals surface area contributed by atoms with Crippen molar-refractivity contribution < 1.29 is 38.4 Å². The fourth-order valence-corrected chi connectivity index (χ4v) is 11.3. The Bertz CT molecular complexity index is 2150. The lowest BCUT2D eigenvalue weighted by molar-refractivity contribution is -0.139. The second-order valence-electron chi connectivity index (χ2n) is 20.1. The molecule has 63 heavy (non-hydrogen) atoms. The average molecular weight is 885 g/mol. The minimum absolute atomic E-state index is 0.00358. The number of aliphatic carboxylic acids is 1. The van der Waals surface area contributed by atoms with Gasteiger partial charge in [0.2, 0.25) is 10.0 Å². The lowest BCUT2D eigenvalue weighted by atomic mass is 9.60. The van der Waals surface area contributed by atoms with E-state index < -0.39 is 40.4 Å². The Balaban J connectivity index is 0.000000239. The van der Waals surface area contributed by atoms with Crippen LogP contribution in [0.15, 0.2) is 113 Å². The molecule has 3 saturated carbocycles. The molecule has 1 heterocycles. The number of ether oxygens (including phenoxy) is 1. The number of pyridine rings is 1. The second kappa shape index (κ2) is 21.2. The number of carboxylic acid groups (broad SMARTS) is 1. The molecule has 4 N–H and O–H groups in total. The molecule has 0 bridgehead atoms. The molecule has 11 heteroatoms. The number of allylic oxidation sites excluding steroid dienone is 3. The largest absolute Gasteiger partial charge is 0.482 e. The van der Waals surface area contributed by atoms with Gasteiger partial charge in [-0.05, 0) is 140 Å². The van der Waals surface area contributed by atoms with Crippen LogP contribution in [-0.2, 0) is 33.3 Å². The first-order valence-electron chi connectivity index (χ1n) is 22.7. The van der Waals surface area contributed by atoms with Crippen LogP contribution in [0.5, 0.6) is 5.75 Å². The normalized spacial score (nSPS) is 24.1. The van der Waals surface area contributed by atoms with E-state index in [2.05, 4.69) is 58.3 Å². The highest BCUT2D eigenvalue weighted by Gasteiger charge is 2.50. The molecule has 2 aromatic carbocycles. The first-order chi connectivity index (χ1) is 29.6. The smallest absolute Gasteiger partial charge is 0.341 e. The Kier molecular flexibility index (Phi) is 16.8. The van der Waals surface area contributed by atoms with E-state index in [1.54, 1.807) is 35.9 Å². The summed E-state index contributed by atoms with van der Waals surface area (Å²) < 4.78 is 33.5. The first-order valence-corrected chi connectivity index (χ1v) is 24.1. The van der Waals surface area contributed by atoms with Crippen LogP contribution >= 0.6 is 0 Å². The third-order valence-corrected chi connectivity index (χ3v) is 15.3. The van der Waals surface area contributed by atoms with Gasteiger partial charge in [-0.25, -0.2) is 13.2 Å². The lowest BCUT2D eigenvalue weighted by Gasteiger charge is -2.44. The van der Waals surface area contributed by atoms with E-state index in [9.17, 15) is 28.5 Å². The van der Waals surface area contributed by atoms with Crippen molar-refractivity contribution in [3.8, 4) is 5.75 Å². The van der Waals surface area contributed by atoms with Crippen LogP contribution in [0.3, 0.4) is 0 Å². The zero-order valence-corrected chi connectivity index (χ0v) is 39.4. The van der Waals surface area contributed by atoms with Crippen LogP contribution in [-0.4, -0.2) is 68.5 Å². The zero-order chi connectivity index (χ0) is 46.2. The van der Waals surface area contributed by atoms with Gasteiger partial charge < -0.3 is 25.2 Å². The molecular weight excluding hydrogens is 813 g/mol. The minimum atomic E-state index is -3.84. The van der Waals surface area contributed by atoms with E-state index in [0.717, 1.165) is 35.5 Å². The number of sulfonamides is 1. The number of benzene rings is 2. The maximum absolute atomic E-state index is 13.4. The molecule has 0 spiro atoms. The second-order valence-corrected chi connectivity index (χ2v) is 22.0. The number of fused-ring (bicyclic) bond motifs is 1. The van der Waals surface area contributed by atoms with E-state index in [1.165, 1.54) is 61.3 Å². The summed E-state index contributed by atoms with van der Waals surface area (Å²) in [5.41, 5.74) is 5.80. The fraction of sp³-hybridized carbons (Fsp3) is 0.538. The fourth-order valence-electron chi connectivity index (χ4n) is 9.97. The van der Waals surface area contributed by atoms with Crippen molar-refractivity contribution in [2.24, 2.45) is 23.2 Å². The van der Waals surface area contributed by atoms with Crippen molar-refractivity contribution in [2.75, 3.05) is 6.61 Å². The van der Waals surface area contributed by atoms with E-state index in [-0.39, 0.29) is 23.4 Å². The standard InChI is InChI=1S/C27H44O3.C25H28N2O5S/c1-18(8-6-14-26(3,4)30)22-12-13-23-21(9-7-15-27(22,23)5)11-10-20-16-24(28)19(2)25(29)17-20;1-25(2,3)21-11-9-19(10-12-21)16-27(33(30,31)23-8-5-13-26-15-23)17-20-6-4-7-22(14-20)32-18-24(28)29/h10-11,18,22-25,28-30H,2,6-9,12-17H2,1,3-5H3;4-15H,16-18H2,1-3H3,(H,28,29)/b21-11+;/t18-,22+,23-,24+,25+,27+;/m0./s1. The van der Waals surface area contributed by atoms with Gasteiger partial charge >= 0.3 is 5.97 Å². The number of nitrogens with zero attached hydrogens (tertiary/aromatic N) is 2. The van der Waals surface area contributed by atoms with Gasteiger partial charge in [0.25, 0.3) is 0 Å². The van der Waals surface area contributed by atoms with Crippen LogP contribution in [0.2, 0.25) is 0 Å². The summed E-state index contributed by atoms with van der Waals surface area (Å²) in [6.45, 7) is 18.8. The summed E-state index contributed by atoms with van der Waals surface area (Å²) in [5.74, 6) is 1.42. The highest BCUT2D eigenvalue weighted by atomic mass is 32.2. The predicted molar refractivity (Wildman–Crippen MR) is 249 cm³/mol. The minimum Gasteiger partial charge on any atom is -0.482 e. The van der Waals surface area contributed by atoms with E-state index >= 15 is 0 Å². The van der Waals surface area contributed by atoms with Crippen molar-refractivity contribution in [2.45, 2.75) is 154 Å². The monoisotopic (exact) mass is 885 g/mol. The summed E-state index contributed by atoms with van der Waals surface area (Å²) in [6.07, 6.45) is 16.9.